The Morgan fingerprint density at radius 1 is 1.29 bits per heavy atom. The largest absolute Gasteiger partial charge is 0.454 e. The van der Waals surface area contributed by atoms with Crippen LogP contribution < -0.4 is 20.2 Å². The van der Waals surface area contributed by atoms with Gasteiger partial charge in [0.15, 0.2) is 16.6 Å². The summed E-state index contributed by atoms with van der Waals surface area (Å²) in [5.41, 5.74) is 7.07. The molecule has 0 unspecified atom stereocenters. The molecule has 0 fully saturated rings. The molecule has 2 N–H and O–H groups in total. The van der Waals surface area contributed by atoms with Gasteiger partial charge in [0.05, 0.1) is 6.21 Å². The maximum atomic E-state index is 5.47. The second kappa shape index (κ2) is 6.92. The topological polar surface area (TPSA) is 59.8 Å². The Morgan fingerprint density at radius 3 is 2.88 bits per heavy atom. The van der Waals surface area contributed by atoms with E-state index in [1.807, 2.05) is 25.1 Å². The molecule has 1 aromatic heterocycles. The van der Waals surface area contributed by atoms with Gasteiger partial charge in [0.1, 0.15) is 0 Å². The van der Waals surface area contributed by atoms with Crippen molar-refractivity contribution < 1.29 is 9.47 Å². The third kappa shape index (κ3) is 3.21. The van der Waals surface area contributed by atoms with E-state index in [1.165, 1.54) is 0 Å². The van der Waals surface area contributed by atoms with Crippen molar-refractivity contribution in [3.05, 3.63) is 41.2 Å². The normalized spacial score (nSPS) is 12.6. The van der Waals surface area contributed by atoms with Crippen LogP contribution in [0.1, 0.15) is 23.9 Å². The number of aryl methyl sites for hydroxylation is 1. The Kier molecular flexibility index (Phi) is 4.71. The summed E-state index contributed by atoms with van der Waals surface area (Å²) < 4.78 is 13.0. The monoisotopic (exact) mass is 344 g/mol. The number of ether oxygens (including phenoxy) is 2. The molecule has 1 aromatic carbocycles. The summed E-state index contributed by atoms with van der Waals surface area (Å²) in [4.78, 5) is 0. The van der Waals surface area contributed by atoms with Gasteiger partial charge in [-0.05, 0) is 51.2 Å². The standard InChI is InChI=1S/C17H20N4O2S/c1-4-18-17(24)20-19-9-13-7-11(2)21(12(13)3)14-5-6-15-16(8-14)23-10-22-15/h5-9H,4,10H2,1-3H3,(H2,18,20,24). The number of fused-ring (bicyclic) bond motifs is 1. The summed E-state index contributed by atoms with van der Waals surface area (Å²) in [5, 5.41) is 7.69. The van der Waals surface area contributed by atoms with Gasteiger partial charge in [0, 0.05) is 35.2 Å². The first kappa shape index (κ1) is 16.3. The summed E-state index contributed by atoms with van der Waals surface area (Å²) in [6.45, 7) is 7.14. The molecule has 126 valence electrons. The van der Waals surface area contributed by atoms with E-state index in [2.05, 4.69) is 40.3 Å². The molecule has 7 heteroatoms. The van der Waals surface area contributed by atoms with E-state index in [0.29, 0.717) is 5.11 Å². The lowest BCUT2D eigenvalue weighted by Crippen LogP contribution is -2.31. The number of aromatic nitrogens is 1. The molecule has 0 saturated carbocycles. The lowest BCUT2D eigenvalue weighted by Gasteiger charge is -2.10. The van der Waals surface area contributed by atoms with Gasteiger partial charge in [-0.1, -0.05) is 0 Å². The number of rotatable bonds is 4. The molecule has 0 atom stereocenters. The first-order valence-electron chi connectivity index (χ1n) is 7.76. The number of hydrogen-bond acceptors (Lipinski definition) is 4. The number of nitrogens with one attached hydrogen (secondary N) is 2. The van der Waals surface area contributed by atoms with E-state index >= 15 is 0 Å². The van der Waals surface area contributed by atoms with Crippen LogP contribution in [-0.2, 0) is 0 Å². The summed E-state index contributed by atoms with van der Waals surface area (Å²) in [7, 11) is 0. The molecular weight excluding hydrogens is 324 g/mol. The van der Waals surface area contributed by atoms with Crippen LogP contribution in [-0.4, -0.2) is 29.2 Å². The highest BCUT2D eigenvalue weighted by molar-refractivity contribution is 7.80. The Labute approximate surface area is 146 Å². The van der Waals surface area contributed by atoms with Crippen LogP contribution in [0.3, 0.4) is 0 Å². The van der Waals surface area contributed by atoms with Crippen LogP contribution in [0.4, 0.5) is 0 Å². The summed E-state index contributed by atoms with van der Waals surface area (Å²) in [5.74, 6) is 1.55. The summed E-state index contributed by atoms with van der Waals surface area (Å²) in [6.07, 6.45) is 1.77. The Balaban J connectivity index is 1.84. The van der Waals surface area contributed by atoms with Gasteiger partial charge in [-0.15, -0.1) is 0 Å². The van der Waals surface area contributed by atoms with Crippen LogP contribution in [0.15, 0.2) is 29.4 Å². The molecule has 1 aliphatic rings. The van der Waals surface area contributed by atoms with Crippen molar-refractivity contribution in [2.24, 2.45) is 5.10 Å². The molecule has 0 spiro atoms. The second-order valence-electron chi connectivity index (χ2n) is 5.43. The maximum Gasteiger partial charge on any atom is 0.231 e. The molecule has 0 amide bonds. The van der Waals surface area contributed by atoms with Gasteiger partial charge in [0.25, 0.3) is 0 Å². The molecule has 0 bridgehead atoms. The van der Waals surface area contributed by atoms with Crippen molar-refractivity contribution in [1.29, 1.82) is 0 Å². The first-order chi connectivity index (χ1) is 11.6. The van der Waals surface area contributed by atoms with Crippen LogP contribution >= 0.6 is 12.2 Å². The number of thiocarbonyl (C=S) groups is 1. The fourth-order valence-corrected chi connectivity index (χ4v) is 2.90. The lowest BCUT2D eigenvalue weighted by molar-refractivity contribution is 0.174. The summed E-state index contributed by atoms with van der Waals surface area (Å²) >= 11 is 5.09. The number of hydrazone groups is 1. The fraction of sp³-hybridized carbons (Fsp3) is 0.294. The van der Waals surface area contributed by atoms with Crippen molar-refractivity contribution >= 4 is 23.5 Å². The Morgan fingerprint density at radius 2 is 2.08 bits per heavy atom. The van der Waals surface area contributed by atoms with Crippen molar-refractivity contribution in [2.45, 2.75) is 20.8 Å². The quantitative estimate of drug-likeness (QED) is 0.507. The minimum Gasteiger partial charge on any atom is -0.454 e. The van der Waals surface area contributed by atoms with E-state index < -0.39 is 0 Å². The zero-order chi connectivity index (χ0) is 17.1. The average molecular weight is 344 g/mol. The molecular formula is C17H20N4O2S. The highest BCUT2D eigenvalue weighted by Crippen LogP contribution is 2.34. The molecule has 0 saturated heterocycles. The average Bonchev–Trinajstić information content (AvgIpc) is 3.12. The smallest absolute Gasteiger partial charge is 0.231 e. The highest BCUT2D eigenvalue weighted by atomic mass is 32.1. The predicted octanol–water partition coefficient (Wildman–Crippen LogP) is 2.64. The van der Waals surface area contributed by atoms with Crippen molar-refractivity contribution in [2.75, 3.05) is 13.3 Å². The highest BCUT2D eigenvalue weighted by Gasteiger charge is 2.16. The maximum absolute atomic E-state index is 5.47. The SMILES string of the molecule is CCNC(=S)NN=Cc1cc(C)n(-c2ccc3c(c2)OCO3)c1C. The van der Waals surface area contributed by atoms with Crippen LogP contribution in [0.25, 0.3) is 5.69 Å². The minimum atomic E-state index is 0.276. The van der Waals surface area contributed by atoms with Crippen molar-refractivity contribution in [3.8, 4) is 17.2 Å². The van der Waals surface area contributed by atoms with Gasteiger partial charge in [0.2, 0.25) is 6.79 Å². The Hall–Kier alpha value is -2.54. The summed E-state index contributed by atoms with van der Waals surface area (Å²) in [6, 6.07) is 8.02. The third-order valence-electron chi connectivity index (χ3n) is 3.79. The lowest BCUT2D eigenvalue weighted by atomic mass is 10.2. The third-order valence-corrected chi connectivity index (χ3v) is 4.03. The molecule has 0 aliphatic carbocycles. The van der Waals surface area contributed by atoms with E-state index in [9.17, 15) is 0 Å². The molecule has 2 heterocycles. The van der Waals surface area contributed by atoms with Gasteiger partial charge in [-0.3, -0.25) is 5.43 Å². The molecule has 24 heavy (non-hydrogen) atoms. The van der Waals surface area contributed by atoms with Gasteiger partial charge < -0.3 is 19.4 Å². The van der Waals surface area contributed by atoms with Crippen LogP contribution in [0.5, 0.6) is 11.5 Å². The van der Waals surface area contributed by atoms with Gasteiger partial charge >= 0.3 is 0 Å². The van der Waals surface area contributed by atoms with Crippen molar-refractivity contribution in [1.82, 2.24) is 15.3 Å². The van der Waals surface area contributed by atoms with E-state index in [1.54, 1.807) is 6.21 Å². The fourth-order valence-electron chi connectivity index (χ4n) is 2.70. The zero-order valence-corrected chi connectivity index (χ0v) is 14.7. The molecule has 6 nitrogen and oxygen atoms in total. The molecule has 3 rings (SSSR count). The first-order valence-corrected chi connectivity index (χ1v) is 8.17. The minimum absolute atomic E-state index is 0.276. The van der Waals surface area contributed by atoms with Crippen LogP contribution in [0, 0.1) is 13.8 Å². The molecule has 2 aromatic rings. The van der Waals surface area contributed by atoms with E-state index in [0.717, 1.165) is 40.7 Å². The van der Waals surface area contributed by atoms with Crippen LogP contribution in [0.2, 0.25) is 0 Å². The second-order valence-corrected chi connectivity index (χ2v) is 5.84. The number of nitrogens with zero attached hydrogens (tertiary/aromatic N) is 2. The predicted molar refractivity (Wildman–Crippen MR) is 98.4 cm³/mol. The van der Waals surface area contributed by atoms with Gasteiger partial charge in [-0.2, -0.15) is 5.10 Å². The van der Waals surface area contributed by atoms with Crippen molar-refractivity contribution in [3.63, 3.8) is 0 Å². The van der Waals surface area contributed by atoms with Gasteiger partial charge in [-0.25, -0.2) is 0 Å². The molecule has 1 aliphatic heterocycles. The molecule has 0 radical (unpaired) electrons. The van der Waals surface area contributed by atoms with E-state index in [-0.39, 0.29) is 6.79 Å². The number of hydrogen-bond donors (Lipinski definition) is 2. The zero-order valence-electron chi connectivity index (χ0n) is 13.9. The number of benzene rings is 1. The van der Waals surface area contributed by atoms with E-state index in [4.69, 9.17) is 21.7 Å². The Bertz CT molecular complexity index is 798.